The molecule has 0 rings (SSSR count). The molecule has 0 amide bonds. The van der Waals surface area contributed by atoms with Crippen LogP contribution >= 0.6 is 11.8 Å². The highest BCUT2D eigenvalue weighted by atomic mass is 32.2. The van der Waals surface area contributed by atoms with Crippen LogP contribution in [0.15, 0.2) is 11.8 Å². The Balaban J connectivity index is 3.33. The van der Waals surface area contributed by atoms with Crippen molar-refractivity contribution in [1.29, 1.82) is 0 Å². The number of thioether (sulfide) groups is 1. The van der Waals surface area contributed by atoms with Gasteiger partial charge >= 0.3 is 0 Å². The molecular formula is C7H14OS. The summed E-state index contributed by atoms with van der Waals surface area (Å²) in [6.45, 7) is 4.14. The van der Waals surface area contributed by atoms with Crippen molar-refractivity contribution in [2.24, 2.45) is 0 Å². The highest BCUT2D eigenvalue weighted by molar-refractivity contribution is 7.99. The van der Waals surface area contributed by atoms with E-state index >= 15 is 0 Å². The van der Waals surface area contributed by atoms with E-state index in [1.807, 2.05) is 24.8 Å². The van der Waals surface area contributed by atoms with Gasteiger partial charge in [-0.25, -0.2) is 0 Å². The normalized spacial score (nSPS) is 11.7. The molecule has 0 radical (unpaired) electrons. The van der Waals surface area contributed by atoms with Crippen LogP contribution in [0.25, 0.3) is 0 Å². The number of hydrogen-bond donors (Lipinski definition) is 0. The molecule has 0 aromatic carbocycles. The lowest BCUT2D eigenvalue weighted by atomic mass is 10.5. The van der Waals surface area contributed by atoms with Gasteiger partial charge < -0.3 is 4.74 Å². The average Bonchev–Trinajstić information content (AvgIpc) is 1.91. The predicted molar refractivity (Wildman–Crippen MR) is 43.8 cm³/mol. The van der Waals surface area contributed by atoms with Crippen molar-refractivity contribution in [3.63, 3.8) is 0 Å². The quantitative estimate of drug-likeness (QED) is 0.563. The Hall–Kier alpha value is -0.110. The SMILES string of the molecule is C/C=C(/CSCC)OC. The molecule has 0 unspecified atom stereocenters. The van der Waals surface area contributed by atoms with Crippen molar-refractivity contribution in [1.82, 2.24) is 0 Å². The Bertz CT molecular complexity index is 88.9. The van der Waals surface area contributed by atoms with Crippen molar-refractivity contribution in [2.45, 2.75) is 13.8 Å². The number of allylic oxidation sites excluding steroid dienone is 1. The van der Waals surface area contributed by atoms with Gasteiger partial charge in [0.25, 0.3) is 0 Å². The second kappa shape index (κ2) is 6.02. The lowest BCUT2D eigenvalue weighted by Gasteiger charge is -2.02. The van der Waals surface area contributed by atoms with Crippen molar-refractivity contribution in [3.05, 3.63) is 11.8 Å². The minimum absolute atomic E-state index is 1.00. The van der Waals surface area contributed by atoms with Crippen molar-refractivity contribution >= 4 is 11.8 Å². The van der Waals surface area contributed by atoms with Gasteiger partial charge in [0.15, 0.2) is 0 Å². The Labute approximate surface area is 61.5 Å². The van der Waals surface area contributed by atoms with Crippen LogP contribution in [-0.2, 0) is 4.74 Å². The molecule has 0 saturated heterocycles. The Morgan fingerprint density at radius 3 is 2.67 bits per heavy atom. The first-order valence-electron chi connectivity index (χ1n) is 3.12. The summed E-state index contributed by atoms with van der Waals surface area (Å²) in [7, 11) is 1.71. The molecule has 2 heteroatoms. The van der Waals surface area contributed by atoms with E-state index in [2.05, 4.69) is 6.92 Å². The molecule has 0 bridgehead atoms. The zero-order valence-corrected chi connectivity index (χ0v) is 7.12. The fraction of sp³-hybridized carbons (Fsp3) is 0.714. The van der Waals surface area contributed by atoms with Crippen LogP contribution in [0.4, 0.5) is 0 Å². The first-order chi connectivity index (χ1) is 4.35. The summed E-state index contributed by atoms with van der Waals surface area (Å²) >= 11 is 1.87. The third-order valence-corrected chi connectivity index (χ3v) is 1.93. The summed E-state index contributed by atoms with van der Waals surface area (Å²) in [5.74, 6) is 3.23. The lowest BCUT2D eigenvalue weighted by molar-refractivity contribution is 0.295. The van der Waals surface area contributed by atoms with E-state index in [-0.39, 0.29) is 0 Å². The van der Waals surface area contributed by atoms with E-state index in [1.54, 1.807) is 7.11 Å². The molecule has 0 heterocycles. The van der Waals surface area contributed by atoms with Crippen molar-refractivity contribution < 1.29 is 4.74 Å². The molecule has 9 heavy (non-hydrogen) atoms. The molecule has 0 aliphatic carbocycles. The first-order valence-corrected chi connectivity index (χ1v) is 4.27. The monoisotopic (exact) mass is 146 g/mol. The summed E-state index contributed by atoms with van der Waals surface area (Å²) in [6, 6.07) is 0. The smallest absolute Gasteiger partial charge is 0.101 e. The van der Waals surface area contributed by atoms with Gasteiger partial charge in [-0.3, -0.25) is 0 Å². The van der Waals surface area contributed by atoms with Crippen LogP contribution in [-0.4, -0.2) is 18.6 Å². The predicted octanol–water partition coefficient (Wildman–Crippen LogP) is 2.29. The highest BCUT2D eigenvalue weighted by Crippen LogP contribution is 2.06. The van der Waals surface area contributed by atoms with Gasteiger partial charge in [-0.15, -0.1) is 0 Å². The van der Waals surface area contributed by atoms with Crippen LogP contribution in [0.2, 0.25) is 0 Å². The van der Waals surface area contributed by atoms with E-state index in [0.717, 1.165) is 17.3 Å². The largest absolute Gasteiger partial charge is 0.501 e. The first kappa shape index (κ1) is 8.89. The Morgan fingerprint density at radius 1 is 1.67 bits per heavy atom. The Morgan fingerprint density at radius 2 is 2.33 bits per heavy atom. The average molecular weight is 146 g/mol. The molecule has 0 aliphatic heterocycles. The highest BCUT2D eigenvalue weighted by Gasteiger charge is 1.90. The lowest BCUT2D eigenvalue weighted by Crippen LogP contribution is -1.89. The summed E-state index contributed by atoms with van der Waals surface area (Å²) < 4.78 is 5.04. The maximum absolute atomic E-state index is 5.04. The van der Waals surface area contributed by atoms with Gasteiger partial charge in [0, 0.05) is 0 Å². The summed E-state index contributed by atoms with van der Waals surface area (Å²) in [5.41, 5.74) is 0. The van der Waals surface area contributed by atoms with Gasteiger partial charge in [-0.05, 0) is 18.8 Å². The van der Waals surface area contributed by atoms with E-state index in [1.165, 1.54) is 0 Å². The van der Waals surface area contributed by atoms with E-state index < -0.39 is 0 Å². The summed E-state index contributed by atoms with van der Waals surface area (Å²) in [6.07, 6.45) is 2.00. The molecule has 0 aliphatic rings. The van der Waals surface area contributed by atoms with Gasteiger partial charge in [0.05, 0.1) is 12.9 Å². The van der Waals surface area contributed by atoms with Crippen molar-refractivity contribution in [3.8, 4) is 0 Å². The van der Waals surface area contributed by atoms with Crippen LogP contribution in [0.1, 0.15) is 13.8 Å². The van der Waals surface area contributed by atoms with Gasteiger partial charge in [0.1, 0.15) is 5.76 Å². The fourth-order valence-electron chi connectivity index (χ4n) is 0.463. The second-order valence-electron chi connectivity index (χ2n) is 1.60. The Kier molecular flexibility index (Phi) is 5.94. The minimum Gasteiger partial charge on any atom is -0.501 e. The fourth-order valence-corrected chi connectivity index (χ4v) is 1.15. The van der Waals surface area contributed by atoms with E-state index in [4.69, 9.17) is 4.74 Å². The molecule has 0 aromatic heterocycles. The molecule has 54 valence electrons. The second-order valence-corrected chi connectivity index (χ2v) is 2.87. The molecule has 0 spiro atoms. The maximum Gasteiger partial charge on any atom is 0.101 e. The van der Waals surface area contributed by atoms with Gasteiger partial charge in [-0.1, -0.05) is 6.92 Å². The molecule has 0 saturated carbocycles. The maximum atomic E-state index is 5.04. The van der Waals surface area contributed by atoms with Crippen LogP contribution in [0.5, 0.6) is 0 Å². The zero-order chi connectivity index (χ0) is 7.11. The van der Waals surface area contributed by atoms with Gasteiger partial charge in [-0.2, -0.15) is 11.8 Å². The summed E-state index contributed by atoms with van der Waals surface area (Å²) in [4.78, 5) is 0. The molecule has 0 fully saturated rings. The van der Waals surface area contributed by atoms with Gasteiger partial charge in [0.2, 0.25) is 0 Å². The topological polar surface area (TPSA) is 9.23 Å². The number of methoxy groups -OCH3 is 1. The number of hydrogen-bond acceptors (Lipinski definition) is 2. The molecule has 1 nitrogen and oxygen atoms in total. The third kappa shape index (κ3) is 4.40. The van der Waals surface area contributed by atoms with Crippen LogP contribution < -0.4 is 0 Å². The minimum atomic E-state index is 1.00. The van der Waals surface area contributed by atoms with Crippen LogP contribution in [0.3, 0.4) is 0 Å². The molecule has 0 atom stereocenters. The zero-order valence-electron chi connectivity index (χ0n) is 6.31. The summed E-state index contributed by atoms with van der Waals surface area (Å²) in [5, 5.41) is 0. The number of rotatable bonds is 4. The molecule has 0 N–H and O–H groups in total. The third-order valence-electron chi connectivity index (χ3n) is 1.03. The standard InChI is InChI=1S/C7H14OS/c1-4-7(8-3)6-9-5-2/h4H,5-6H2,1-3H3/b7-4-. The van der Waals surface area contributed by atoms with E-state index in [9.17, 15) is 0 Å². The number of ether oxygens (including phenoxy) is 1. The van der Waals surface area contributed by atoms with E-state index in [0.29, 0.717) is 0 Å². The molecule has 0 aromatic rings. The van der Waals surface area contributed by atoms with Crippen LogP contribution in [0, 0.1) is 0 Å². The molecular weight excluding hydrogens is 132 g/mol. The van der Waals surface area contributed by atoms with Crippen molar-refractivity contribution in [2.75, 3.05) is 18.6 Å².